The van der Waals surface area contributed by atoms with E-state index in [1.165, 1.54) is 42.6 Å². The quantitative estimate of drug-likeness (QED) is 0.370. The van der Waals surface area contributed by atoms with Gasteiger partial charge in [0.1, 0.15) is 0 Å². The molecule has 0 aliphatic rings. The summed E-state index contributed by atoms with van der Waals surface area (Å²) >= 11 is 4.89. The molecule has 0 saturated heterocycles. The first-order valence-electron chi connectivity index (χ1n) is 6.78. The number of anilines is 1. The number of benzene rings is 2. The van der Waals surface area contributed by atoms with Crippen LogP contribution in [-0.4, -0.2) is 16.3 Å². The zero-order valence-electron chi connectivity index (χ0n) is 12.4. The Bertz CT molecular complexity index is 824. The van der Waals surface area contributed by atoms with E-state index >= 15 is 0 Å². The summed E-state index contributed by atoms with van der Waals surface area (Å²) in [6.07, 6.45) is -3.26. The van der Waals surface area contributed by atoms with E-state index in [2.05, 4.69) is 15.8 Å². The molecule has 0 fully saturated rings. The van der Waals surface area contributed by atoms with Gasteiger partial charge in [-0.1, -0.05) is 24.3 Å². The molecule has 2 rings (SSSR count). The summed E-state index contributed by atoms with van der Waals surface area (Å²) in [7, 11) is 0. The molecule has 2 aromatic carbocycles. The highest BCUT2D eigenvalue weighted by Crippen LogP contribution is 2.34. The van der Waals surface area contributed by atoms with Crippen molar-refractivity contribution in [3.8, 4) is 0 Å². The molecule has 6 nitrogen and oxygen atoms in total. The predicted octanol–water partition coefficient (Wildman–Crippen LogP) is 3.93. The molecule has 0 radical (unpaired) electrons. The Morgan fingerprint density at radius 2 is 1.92 bits per heavy atom. The number of rotatable bonds is 4. The van der Waals surface area contributed by atoms with E-state index in [9.17, 15) is 23.3 Å². The van der Waals surface area contributed by atoms with Crippen LogP contribution in [0.4, 0.5) is 24.5 Å². The number of hydrogen-bond acceptors (Lipinski definition) is 4. The first-order chi connectivity index (χ1) is 11.8. The first kappa shape index (κ1) is 18.3. The van der Waals surface area contributed by atoms with Crippen molar-refractivity contribution < 1.29 is 18.1 Å². The van der Waals surface area contributed by atoms with Crippen LogP contribution < -0.4 is 10.7 Å². The SMILES string of the molecule is O=[N+]([O-])c1cccc(/C=N/NC(=S)Nc2ccccc2C(F)(F)F)c1. The number of alkyl halides is 3. The molecule has 0 atom stereocenters. The lowest BCUT2D eigenvalue weighted by molar-refractivity contribution is -0.384. The van der Waals surface area contributed by atoms with Gasteiger partial charge in [-0.15, -0.1) is 0 Å². The van der Waals surface area contributed by atoms with Gasteiger partial charge in [-0.2, -0.15) is 18.3 Å². The molecule has 0 spiro atoms. The second-order valence-corrected chi connectivity index (χ2v) is 5.13. The third-order valence-electron chi connectivity index (χ3n) is 2.94. The summed E-state index contributed by atoms with van der Waals surface area (Å²) in [4.78, 5) is 10.1. The molecule has 0 heterocycles. The summed E-state index contributed by atoms with van der Waals surface area (Å²) < 4.78 is 38.7. The molecule has 0 aliphatic heterocycles. The van der Waals surface area contributed by atoms with Crippen molar-refractivity contribution in [1.82, 2.24) is 5.43 Å². The van der Waals surface area contributed by atoms with Gasteiger partial charge in [-0.3, -0.25) is 15.5 Å². The summed E-state index contributed by atoms with van der Waals surface area (Å²) in [5.41, 5.74) is 1.61. The maximum absolute atomic E-state index is 12.9. The van der Waals surface area contributed by atoms with Crippen LogP contribution in [0.25, 0.3) is 0 Å². The van der Waals surface area contributed by atoms with Crippen LogP contribution in [0.5, 0.6) is 0 Å². The molecule has 130 valence electrons. The van der Waals surface area contributed by atoms with E-state index in [0.717, 1.165) is 6.07 Å². The zero-order valence-corrected chi connectivity index (χ0v) is 13.3. The molecule has 0 unspecified atom stereocenters. The third-order valence-corrected chi connectivity index (χ3v) is 3.13. The second-order valence-electron chi connectivity index (χ2n) is 4.72. The number of hydrazone groups is 1. The molecule has 2 aromatic rings. The lowest BCUT2D eigenvalue weighted by Gasteiger charge is -2.14. The van der Waals surface area contributed by atoms with Crippen molar-refractivity contribution in [2.75, 3.05) is 5.32 Å². The Labute approximate surface area is 145 Å². The second kappa shape index (κ2) is 7.71. The number of nitrogens with zero attached hydrogens (tertiary/aromatic N) is 2. The van der Waals surface area contributed by atoms with E-state index in [-0.39, 0.29) is 16.5 Å². The summed E-state index contributed by atoms with van der Waals surface area (Å²) in [5, 5.41) is 16.7. The Balaban J connectivity index is 2.02. The molecule has 0 aromatic heterocycles. The van der Waals surface area contributed by atoms with E-state index in [1.54, 1.807) is 6.07 Å². The van der Waals surface area contributed by atoms with Crippen molar-refractivity contribution in [3.63, 3.8) is 0 Å². The summed E-state index contributed by atoms with van der Waals surface area (Å²) in [6.45, 7) is 0. The van der Waals surface area contributed by atoms with Gasteiger partial charge in [0.25, 0.3) is 5.69 Å². The molecule has 0 aliphatic carbocycles. The van der Waals surface area contributed by atoms with Crippen molar-refractivity contribution in [2.45, 2.75) is 6.18 Å². The normalized spacial score (nSPS) is 11.3. The van der Waals surface area contributed by atoms with Gasteiger partial charge in [0.2, 0.25) is 0 Å². The fraction of sp³-hybridized carbons (Fsp3) is 0.0667. The number of hydrogen-bond donors (Lipinski definition) is 2. The molecule has 2 N–H and O–H groups in total. The van der Waals surface area contributed by atoms with Gasteiger partial charge >= 0.3 is 6.18 Å². The van der Waals surface area contributed by atoms with E-state index in [1.807, 2.05) is 0 Å². The number of non-ortho nitro benzene ring substituents is 1. The molecule has 10 heteroatoms. The lowest BCUT2D eigenvalue weighted by atomic mass is 10.2. The maximum Gasteiger partial charge on any atom is 0.418 e. The van der Waals surface area contributed by atoms with Gasteiger partial charge in [0.15, 0.2) is 5.11 Å². The number of thiocarbonyl (C=S) groups is 1. The standard InChI is InChI=1S/C15H11F3N4O2S/c16-15(17,18)12-6-1-2-7-13(12)20-14(25)21-19-9-10-4-3-5-11(8-10)22(23)24/h1-9H,(H2,20,21,25)/b19-9+. The minimum Gasteiger partial charge on any atom is -0.331 e. The summed E-state index contributed by atoms with van der Waals surface area (Å²) in [6, 6.07) is 10.5. The van der Waals surface area contributed by atoms with Crippen LogP contribution in [0.3, 0.4) is 0 Å². The topological polar surface area (TPSA) is 79.6 Å². The highest BCUT2D eigenvalue weighted by molar-refractivity contribution is 7.80. The van der Waals surface area contributed by atoms with Crippen molar-refractivity contribution >= 4 is 34.9 Å². The minimum atomic E-state index is -4.52. The lowest BCUT2D eigenvalue weighted by Crippen LogP contribution is -2.25. The Morgan fingerprint density at radius 1 is 1.20 bits per heavy atom. The minimum absolute atomic E-state index is 0.108. The number of para-hydroxylation sites is 1. The molecule has 25 heavy (non-hydrogen) atoms. The van der Waals surface area contributed by atoms with Crippen LogP contribution in [0.2, 0.25) is 0 Å². The first-order valence-corrected chi connectivity index (χ1v) is 7.19. The van der Waals surface area contributed by atoms with Gasteiger partial charge in [0.05, 0.1) is 22.4 Å². The van der Waals surface area contributed by atoms with E-state index in [4.69, 9.17) is 12.2 Å². The van der Waals surface area contributed by atoms with Gasteiger partial charge in [-0.05, 0) is 24.4 Å². The molecule has 0 saturated carbocycles. The van der Waals surface area contributed by atoms with E-state index in [0.29, 0.717) is 5.56 Å². The maximum atomic E-state index is 12.9. The fourth-order valence-corrected chi connectivity index (χ4v) is 2.04. The Morgan fingerprint density at radius 3 is 2.60 bits per heavy atom. The van der Waals surface area contributed by atoms with Crippen molar-refractivity contribution in [3.05, 3.63) is 69.8 Å². The van der Waals surface area contributed by atoms with Crippen LogP contribution in [0.15, 0.2) is 53.6 Å². The van der Waals surface area contributed by atoms with Crippen LogP contribution in [-0.2, 0) is 6.18 Å². The molecule has 0 bridgehead atoms. The van der Waals surface area contributed by atoms with Crippen molar-refractivity contribution in [2.24, 2.45) is 5.10 Å². The molecular formula is C15H11F3N4O2S. The number of nitro benzene ring substituents is 1. The highest BCUT2D eigenvalue weighted by Gasteiger charge is 2.33. The van der Waals surface area contributed by atoms with Crippen molar-refractivity contribution in [1.29, 1.82) is 0 Å². The number of halogens is 3. The van der Waals surface area contributed by atoms with E-state index < -0.39 is 16.7 Å². The van der Waals surface area contributed by atoms with Gasteiger partial charge in [-0.25, -0.2) is 0 Å². The predicted molar refractivity (Wildman–Crippen MR) is 91.5 cm³/mol. The zero-order chi connectivity index (χ0) is 18.4. The average Bonchev–Trinajstić information content (AvgIpc) is 2.54. The Kier molecular flexibility index (Phi) is 5.65. The fourth-order valence-electron chi connectivity index (χ4n) is 1.87. The molecular weight excluding hydrogens is 357 g/mol. The van der Waals surface area contributed by atoms with Crippen LogP contribution >= 0.6 is 12.2 Å². The van der Waals surface area contributed by atoms with Gasteiger partial charge < -0.3 is 5.32 Å². The average molecular weight is 368 g/mol. The molecule has 0 amide bonds. The highest BCUT2D eigenvalue weighted by atomic mass is 32.1. The third kappa shape index (κ3) is 5.24. The monoisotopic (exact) mass is 368 g/mol. The van der Waals surface area contributed by atoms with Gasteiger partial charge in [0, 0.05) is 17.7 Å². The van der Waals surface area contributed by atoms with Crippen LogP contribution in [0.1, 0.15) is 11.1 Å². The number of nitro groups is 1. The Hall–Kier alpha value is -3.01. The van der Waals surface area contributed by atoms with Crippen LogP contribution in [0, 0.1) is 10.1 Å². The number of nitrogens with one attached hydrogen (secondary N) is 2. The summed E-state index contributed by atoms with van der Waals surface area (Å²) in [5.74, 6) is 0. The largest absolute Gasteiger partial charge is 0.418 e. The smallest absolute Gasteiger partial charge is 0.331 e.